The molecule has 0 spiro atoms. The molecule has 0 amide bonds. The molecule has 0 fully saturated rings. The molecule has 3 aromatic carbocycles. The Balaban J connectivity index is 1.88. The van der Waals surface area contributed by atoms with Crippen molar-refractivity contribution in [3.8, 4) is 11.5 Å². The predicted octanol–water partition coefficient (Wildman–Crippen LogP) is 4.89. The third kappa shape index (κ3) is 4.87. The Morgan fingerprint density at radius 3 is 1.97 bits per heavy atom. The Morgan fingerprint density at radius 1 is 0.931 bits per heavy atom. The first-order valence-electron chi connectivity index (χ1n) is 9.56. The fourth-order valence-corrected chi connectivity index (χ4v) is 5.04. The lowest BCUT2D eigenvalue weighted by Gasteiger charge is -2.34. The van der Waals surface area contributed by atoms with Gasteiger partial charge in [0.1, 0.15) is 17.1 Å². The quantitative estimate of drug-likeness (QED) is 0.541. The molecule has 29 heavy (non-hydrogen) atoms. The Kier molecular flexibility index (Phi) is 6.39. The average molecular weight is 407 g/mol. The summed E-state index contributed by atoms with van der Waals surface area (Å²) in [6, 6.07) is 25.9. The van der Waals surface area contributed by atoms with Crippen LogP contribution in [0.15, 0.2) is 78.9 Å². The molecule has 0 saturated carbocycles. The van der Waals surface area contributed by atoms with Crippen molar-refractivity contribution in [2.45, 2.75) is 24.8 Å². The SMILES string of the molecule is COc1ccc(O[SiH2]C(C)(C)C(c2ccccc2)c2ccccc2)cc1C(=O)O. The molecule has 3 aromatic rings. The summed E-state index contributed by atoms with van der Waals surface area (Å²) in [5.74, 6) is 0.0634. The Hall–Kier alpha value is -3.05. The number of rotatable bonds is 8. The van der Waals surface area contributed by atoms with Gasteiger partial charge in [-0.2, -0.15) is 0 Å². The van der Waals surface area contributed by atoms with E-state index < -0.39 is 15.7 Å². The van der Waals surface area contributed by atoms with E-state index in [0.29, 0.717) is 11.5 Å². The zero-order valence-corrected chi connectivity index (χ0v) is 18.4. The maximum absolute atomic E-state index is 11.5. The van der Waals surface area contributed by atoms with E-state index in [4.69, 9.17) is 9.16 Å². The van der Waals surface area contributed by atoms with Crippen molar-refractivity contribution >= 4 is 15.7 Å². The number of carboxylic acid groups (broad SMARTS) is 1. The van der Waals surface area contributed by atoms with E-state index in [1.165, 1.54) is 18.2 Å². The number of hydrogen-bond donors (Lipinski definition) is 1. The number of hydrogen-bond acceptors (Lipinski definition) is 3. The Morgan fingerprint density at radius 2 is 1.48 bits per heavy atom. The van der Waals surface area contributed by atoms with E-state index in [0.717, 1.165) is 0 Å². The molecular weight excluding hydrogens is 380 g/mol. The first kappa shape index (κ1) is 20.7. The summed E-state index contributed by atoms with van der Waals surface area (Å²) in [6.07, 6.45) is 0. The fraction of sp³-hybridized carbons (Fsp3) is 0.208. The van der Waals surface area contributed by atoms with Crippen molar-refractivity contribution in [2.75, 3.05) is 7.11 Å². The predicted molar refractivity (Wildman–Crippen MR) is 118 cm³/mol. The van der Waals surface area contributed by atoms with Gasteiger partial charge in [-0.25, -0.2) is 4.79 Å². The van der Waals surface area contributed by atoms with Crippen molar-refractivity contribution in [2.24, 2.45) is 0 Å². The van der Waals surface area contributed by atoms with Gasteiger partial charge < -0.3 is 14.3 Å². The first-order chi connectivity index (χ1) is 13.9. The molecule has 4 nitrogen and oxygen atoms in total. The number of carbonyl (C=O) groups is 1. The van der Waals surface area contributed by atoms with Gasteiger partial charge in [0.2, 0.25) is 9.76 Å². The highest BCUT2D eigenvalue weighted by Gasteiger charge is 2.34. The van der Waals surface area contributed by atoms with E-state index in [2.05, 4.69) is 62.4 Å². The summed E-state index contributed by atoms with van der Waals surface area (Å²) >= 11 is 0. The summed E-state index contributed by atoms with van der Waals surface area (Å²) < 4.78 is 11.3. The van der Waals surface area contributed by atoms with Crippen molar-refractivity contribution in [3.63, 3.8) is 0 Å². The van der Waals surface area contributed by atoms with E-state index in [9.17, 15) is 9.90 Å². The van der Waals surface area contributed by atoms with Crippen LogP contribution in [0.5, 0.6) is 11.5 Å². The summed E-state index contributed by atoms with van der Waals surface area (Å²) in [4.78, 5) is 11.5. The minimum absolute atomic E-state index is 0.105. The summed E-state index contributed by atoms with van der Waals surface area (Å²) in [5, 5.41) is 9.31. The number of carboxylic acids is 1. The molecule has 0 atom stereocenters. The smallest absolute Gasteiger partial charge is 0.339 e. The van der Waals surface area contributed by atoms with Gasteiger partial charge in [0.15, 0.2) is 0 Å². The molecule has 0 saturated heterocycles. The summed E-state index contributed by atoms with van der Waals surface area (Å²) in [5.41, 5.74) is 2.61. The van der Waals surface area contributed by atoms with E-state index in [1.807, 2.05) is 12.1 Å². The lowest BCUT2D eigenvalue weighted by molar-refractivity contribution is 0.0693. The highest BCUT2D eigenvalue weighted by molar-refractivity contribution is 6.33. The van der Waals surface area contributed by atoms with Crippen LogP contribution < -0.4 is 9.16 Å². The van der Waals surface area contributed by atoms with Gasteiger partial charge >= 0.3 is 5.97 Å². The third-order valence-corrected chi connectivity index (χ3v) is 6.69. The lowest BCUT2D eigenvalue weighted by atomic mass is 9.82. The van der Waals surface area contributed by atoms with Crippen LogP contribution >= 0.6 is 0 Å². The molecule has 0 unspecified atom stereocenters. The van der Waals surface area contributed by atoms with Gasteiger partial charge in [0.05, 0.1) is 7.11 Å². The van der Waals surface area contributed by atoms with Crippen LogP contribution in [0.2, 0.25) is 5.04 Å². The third-order valence-electron chi connectivity index (χ3n) is 5.06. The van der Waals surface area contributed by atoms with Gasteiger partial charge in [-0.3, -0.25) is 0 Å². The molecule has 0 aromatic heterocycles. The highest BCUT2D eigenvalue weighted by atomic mass is 28.2. The lowest BCUT2D eigenvalue weighted by Crippen LogP contribution is -2.27. The zero-order chi connectivity index (χ0) is 20.9. The largest absolute Gasteiger partial charge is 0.549 e. The first-order valence-corrected chi connectivity index (χ1v) is 10.8. The minimum atomic E-state index is -1.09. The molecule has 150 valence electrons. The van der Waals surface area contributed by atoms with E-state index in [-0.39, 0.29) is 16.5 Å². The second-order valence-corrected chi connectivity index (χ2v) is 10.1. The van der Waals surface area contributed by atoms with Crippen molar-refractivity contribution in [1.29, 1.82) is 0 Å². The molecule has 3 rings (SSSR count). The van der Waals surface area contributed by atoms with Crippen molar-refractivity contribution in [3.05, 3.63) is 95.6 Å². The molecule has 5 heteroatoms. The number of methoxy groups -OCH3 is 1. The van der Waals surface area contributed by atoms with Crippen LogP contribution in [0, 0.1) is 0 Å². The van der Waals surface area contributed by atoms with Gasteiger partial charge in [-0.05, 0) is 34.4 Å². The topological polar surface area (TPSA) is 55.8 Å². The molecule has 0 bridgehead atoms. The maximum Gasteiger partial charge on any atom is 0.339 e. The maximum atomic E-state index is 11.5. The number of benzene rings is 3. The van der Waals surface area contributed by atoms with Crippen LogP contribution in [0.3, 0.4) is 0 Å². The van der Waals surface area contributed by atoms with Crippen LogP contribution in [0.4, 0.5) is 0 Å². The fourth-order valence-electron chi connectivity index (χ4n) is 3.68. The molecule has 0 aliphatic carbocycles. The molecular formula is C24H26O4Si. The summed E-state index contributed by atoms with van der Waals surface area (Å²) in [7, 11) is 0.376. The molecule has 0 heterocycles. The van der Waals surface area contributed by atoms with Crippen LogP contribution in [0.1, 0.15) is 41.3 Å². The van der Waals surface area contributed by atoms with Gasteiger partial charge in [0.25, 0.3) is 0 Å². The summed E-state index contributed by atoms with van der Waals surface area (Å²) in [6.45, 7) is 4.46. The standard InChI is InChI=1S/C24H26O4Si/c1-24(2,29-28-19-14-15-21(27-3)20(16-19)23(25)26)22(17-10-6-4-7-11-17)18-12-8-5-9-13-18/h4-16,22H,29H2,1-3H3,(H,25,26). The van der Waals surface area contributed by atoms with E-state index >= 15 is 0 Å². The molecule has 0 aliphatic heterocycles. The average Bonchev–Trinajstić information content (AvgIpc) is 2.73. The second-order valence-electron chi connectivity index (χ2n) is 7.70. The van der Waals surface area contributed by atoms with Gasteiger partial charge in [-0.15, -0.1) is 0 Å². The normalized spacial score (nSPS) is 11.7. The number of aromatic carboxylic acids is 1. The second kappa shape index (κ2) is 8.96. The van der Waals surface area contributed by atoms with Crippen LogP contribution in [-0.2, 0) is 0 Å². The van der Waals surface area contributed by atoms with Crippen LogP contribution in [0.25, 0.3) is 0 Å². The van der Waals surface area contributed by atoms with Crippen LogP contribution in [-0.4, -0.2) is 27.9 Å². The molecule has 0 aliphatic rings. The zero-order valence-electron chi connectivity index (χ0n) is 17.0. The van der Waals surface area contributed by atoms with Gasteiger partial charge in [0, 0.05) is 5.92 Å². The molecule has 1 N–H and O–H groups in total. The van der Waals surface area contributed by atoms with E-state index in [1.54, 1.807) is 18.2 Å². The molecule has 0 radical (unpaired) electrons. The Labute approximate surface area is 174 Å². The van der Waals surface area contributed by atoms with Gasteiger partial charge in [-0.1, -0.05) is 74.5 Å². The number of ether oxygens (including phenoxy) is 1. The monoisotopic (exact) mass is 406 g/mol. The Bertz CT molecular complexity index is 916. The van der Waals surface area contributed by atoms with Crippen molar-refractivity contribution in [1.82, 2.24) is 0 Å². The minimum Gasteiger partial charge on any atom is -0.549 e. The van der Waals surface area contributed by atoms with Crippen molar-refractivity contribution < 1.29 is 19.1 Å². The highest BCUT2D eigenvalue weighted by Crippen LogP contribution is 2.45.